The number of aromatic carboxylic acids is 1. The largest absolute Gasteiger partial charge is 0.487 e. The van der Waals surface area contributed by atoms with Gasteiger partial charge in [0.15, 0.2) is 0 Å². The van der Waals surface area contributed by atoms with Crippen molar-refractivity contribution in [3.8, 4) is 5.75 Å². The first kappa shape index (κ1) is 28.0. The molecule has 0 radical (unpaired) electrons. The fourth-order valence-corrected chi connectivity index (χ4v) is 6.35. The molecule has 3 aromatic carbocycles. The number of carbonyl (C=O) groups excluding carboxylic acids is 3. The fraction of sp³-hybridized carbons (Fsp3) is 0.0769. The number of ether oxygens (including phenoxy) is 1. The van der Waals surface area contributed by atoms with Crippen LogP contribution in [0, 0.1) is 13.0 Å². The molecule has 0 aliphatic carbocycles. The number of benzene rings is 3. The first-order valence-electron chi connectivity index (χ1n) is 10.9. The van der Waals surface area contributed by atoms with Crippen molar-refractivity contribution >= 4 is 91.7 Å². The maximum Gasteiger partial charge on any atom is 0.335 e. The number of anilines is 1. The molecule has 38 heavy (non-hydrogen) atoms. The highest BCUT2D eigenvalue weighted by Crippen LogP contribution is 2.35. The zero-order valence-corrected chi connectivity index (χ0v) is 24.4. The van der Waals surface area contributed by atoms with E-state index in [0.717, 1.165) is 29.4 Å². The standard InChI is InChI=1S/C26H17FI2N2O6S/c27-17-3-1-2-4-20(17)30-22(32)12-31-24(33)21(38-26(31)36)11-15-9-18(28)23(19(29)10-15)37-13-14-5-7-16(8-6-14)25(34)35/h1-11H,12-13H2,(H,30,32)(H,34,35)/b21-11-. The molecule has 4 rings (SSSR count). The van der Waals surface area contributed by atoms with Crippen LogP contribution in [0.1, 0.15) is 21.5 Å². The summed E-state index contributed by atoms with van der Waals surface area (Å²) in [5.74, 6) is -2.30. The van der Waals surface area contributed by atoms with Crippen molar-refractivity contribution in [1.29, 1.82) is 0 Å². The molecule has 1 fully saturated rings. The summed E-state index contributed by atoms with van der Waals surface area (Å²) < 4.78 is 21.3. The van der Waals surface area contributed by atoms with E-state index in [1.165, 1.54) is 30.3 Å². The number of para-hydroxylation sites is 1. The number of halogens is 3. The molecule has 0 aromatic heterocycles. The third-order valence-corrected chi connectivity index (χ3v) is 7.74. The second kappa shape index (κ2) is 12.3. The van der Waals surface area contributed by atoms with Crippen LogP contribution >= 0.6 is 56.9 Å². The number of carbonyl (C=O) groups is 4. The van der Waals surface area contributed by atoms with E-state index < -0.39 is 35.4 Å². The Labute approximate surface area is 247 Å². The van der Waals surface area contributed by atoms with Crippen molar-refractivity contribution in [3.63, 3.8) is 0 Å². The third-order valence-electron chi connectivity index (χ3n) is 5.23. The molecule has 1 saturated heterocycles. The van der Waals surface area contributed by atoms with Gasteiger partial charge < -0.3 is 15.2 Å². The van der Waals surface area contributed by atoms with Crippen molar-refractivity contribution in [3.05, 3.63) is 95.2 Å². The van der Waals surface area contributed by atoms with Crippen LogP contribution in [0.2, 0.25) is 0 Å². The summed E-state index contributed by atoms with van der Waals surface area (Å²) in [4.78, 5) is 49.6. The summed E-state index contributed by atoms with van der Waals surface area (Å²) in [6, 6.07) is 15.6. The molecule has 8 nitrogen and oxygen atoms in total. The van der Waals surface area contributed by atoms with Gasteiger partial charge in [-0.1, -0.05) is 24.3 Å². The predicted molar refractivity (Wildman–Crippen MR) is 157 cm³/mol. The maximum atomic E-state index is 13.8. The molecular weight excluding hydrogens is 741 g/mol. The third kappa shape index (κ3) is 6.71. The number of rotatable bonds is 8. The van der Waals surface area contributed by atoms with E-state index in [9.17, 15) is 23.6 Å². The normalized spacial score (nSPS) is 14.2. The van der Waals surface area contributed by atoms with Crippen molar-refractivity contribution in [1.82, 2.24) is 4.90 Å². The summed E-state index contributed by atoms with van der Waals surface area (Å²) in [6.45, 7) is -0.301. The molecule has 194 valence electrons. The monoisotopic (exact) mass is 758 g/mol. The summed E-state index contributed by atoms with van der Waals surface area (Å²) in [6.07, 6.45) is 1.57. The van der Waals surface area contributed by atoms with E-state index in [4.69, 9.17) is 9.84 Å². The van der Waals surface area contributed by atoms with E-state index in [1.807, 2.05) is 0 Å². The average Bonchev–Trinajstić information content (AvgIpc) is 3.12. The number of nitrogens with one attached hydrogen (secondary N) is 1. The molecule has 0 bridgehead atoms. The molecule has 0 unspecified atom stereocenters. The van der Waals surface area contributed by atoms with Gasteiger partial charge in [-0.3, -0.25) is 19.3 Å². The van der Waals surface area contributed by atoms with E-state index in [-0.39, 0.29) is 22.8 Å². The smallest absolute Gasteiger partial charge is 0.335 e. The lowest BCUT2D eigenvalue weighted by atomic mass is 10.1. The minimum absolute atomic E-state index is 0.0382. The van der Waals surface area contributed by atoms with Crippen molar-refractivity contribution in [2.75, 3.05) is 11.9 Å². The van der Waals surface area contributed by atoms with Gasteiger partial charge in [0, 0.05) is 0 Å². The molecule has 3 amide bonds. The van der Waals surface area contributed by atoms with Gasteiger partial charge in [0.1, 0.15) is 24.7 Å². The number of carboxylic acids is 1. The summed E-state index contributed by atoms with van der Waals surface area (Å²) >= 11 is 4.94. The second-order valence-corrected chi connectivity index (χ2v) is 11.2. The predicted octanol–water partition coefficient (Wildman–Crippen LogP) is 5.99. The lowest BCUT2D eigenvalue weighted by molar-refractivity contribution is -0.127. The fourth-order valence-electron chi connectivity index (χ4n) is 3.38. The Hall–Kier alpha value is -2.98. The van der Waals surface area contributed by atoms with Crippen molar-refractivity contribution in [2.24, 2.45) is 0 Å². The number of hydrogen-bond donors (Lipinski definition) is 2. The molecule has 12 heteroatoms. The van der Waals surface area contributed by atoms with E-state index in [0.29, 0.717) is 11.3 Å². The first-order valence-corrected chi connectivity index (χ1v) is 13.8. The number of thioether (sulfide) groups is 1. The Balaban J connectivity index is 1.43. The number of nitrogens with zero attached hydrogens (tertiary/aromatic N) is 1. The maximum absolute atomic E-state index is 13.8. The van der Waals surface area contributed by atoms with Crippen LogP contribution in [0.15, 0.2) is 65.6 Å². The van der Waals surface area contributed by atoms with Gasteiger partial charge in [-0.15, -0.1) is 0 Å². The summed E-state index contributed by atoms with van der Waals surface area (Å²) in [5.41, 5.74) is 1.62. The molecule has 2 N–H and O–H groups in total. The van der Waals surface area contributed by atoms with Crippen LogP contribution in [0.4, 0.5) is 14.9 Å². The minimum atomic E-state index is -0.999. The van der Waals surface area contributed by atoms with Crippen LogP contribution in [0.3, 0.4) is 0 Å². The molecule has 1 heterocycles. The zero-order chi connectivity index (χ0) is 27.4. The second-order valence-electron chi connectivity index (χ2n) is 7.90. The van der Waals surface area contributed by atoms with Crippen LogP contribution < -0.4 is 10.1 Å². The Morgan fingerprint density at radius 1 is 1.05 bits per heavy atom. The molecule has 0 atom stereocenters. The Morgan fingerprint density at radius 3 is 2.34 bits per heavy atom. The highest BCUT2D eigenvalue weighted by atomic mass is 127. The van der Waals surface area contributed by atoms with Gasteiger partial charge in [0.25, 0.3) is 11.1 Å². The van der Waals surface area contributed by atoms with Gasteiger partial charge in [0.2, 0.25) is 5.91 Å². The van der Waals surface area contributed by atoms with Gasteiger partial charge in [-0.25, -0.2) is 9.18 Å². The lowest BCUT2D eigenvalue weighted by Gasteiger charge is -2.13. The summed E-state index contributed by atoms with van der Waals surface area (Å²) in [5, 5.41) is 10.8. The van der Waals surface area contributed by atoms with E-state index >= 15 is 0 Å². The van der Waals surface area contributed by atoms with E-state index in [2.05, 4.69) is 50.5 Å². The topological polar surface area (TPSA) is 113 Å². The quantitative estimate of drug-likeness (QED) is 0.215. The molecule has 1 aliphatic rings. The number of imide groups is 1. The van der Waals surface area contributed by atoms with Crippen molar-refractivity contribution in [2.45, 2.75) is 6.61 Å². The van der Waals surface area contributed by atoms with E-state index in [1.54, 1.807) is 36.4 Å². The molecular formula is C26H17FI2N2O6S. The Bertz CT molecular complexity index is 1460. The molecule has 0 saturated carbocycles. The highest BCUT2D eigenvalue weighted by Gasteiger charge is 2.36. The zero-order valence-electron chi connectivity index (χ0n) is 19.2. The lowest BCUT2D eigenvalue weighted by Crippen LogP contribution is -2.36. The van der Waals surface area contributed by atoms with Gasteiger partial charge in [-0.05, 0) is 111 Å². The van der Waals surface area contributed by atoms with Gasteiger partial charge in [-0.2, -0.15) is 0 Å². The van der Waals surface area contributed by atoms with Crippen LogP contribution in [0.5, 0.6) is 5.75 Å². The molecule has 3 aromatic rings. The van der Waals surface area contributed by atoms with Crippen LogP contribution in [0.25, 0.3) is 6.08 Å². The minimum Gasteiger partial charge on any atom is -0.487 e. The Kier molecular flexibility index (Phi) is 9.04. The molecule has 0 spiro atoms. The van der Waals surface area contributed by atoms with Crippen LogP contribution in [-0.4, -0.2) is 39.6 Å². The van der Waals surface area contributed by atoms with Gasteiger partial charge >= 0.3 is 5.97 Å². The Morgan fingerprint density at radius 2 is 1.71 bits per heavy atom. The SMILES string of the molecule is O=C(CN1C(=O)S/C(=C\c2cc(I)c(OCc3ccc(C(=O)O)cc3)c(I)c2)C1=O)Nc1ccccc1F. The number of hydrogen-bond acceptors (Lipinski definition) is 6. The average molecular weight is 758 g/mol. The molecule has 1 aliphatic heterocycles. The number of carboxylic acid groups (broad SMARTS) is 1. The first-order chi connectivity index (χ1) is 18.1. The van der Waals surface area contributed by atoms with Gasteiger partial charge in [0.05, 0.1) is 23.3 Å². The number of amides is 3. The summed E-state index contributed by atoms with van der Waals surface area (Å²) in [7, 11) is 0. The van der Waals surface area contributed by atoms with Crippen molar-refractivity contribution < 1.29 is 33.4 Å². The highest BCUT2D eigenvalue weighted by molar-refractivity contribution is 14.1. The van der Waals surface area contributed by atoms with Crippen LogP contribution in [-0.2, 0) is 16.2 Å².